The first-order valence-electron chi connectivity index (χ1n) is 2.05. The topological polar surface area (TPSA) is 67.5 Å². The molecule has 4 N–H and O–H groups in total. The third-order valence-corrected chi connectivity index (χ3v) is 0.449. The monoisotopic (exact) mass is 137 g/mol. The maximum Gasteiger partial charge on any atom is 1.00 e. The number of nitrogens with two attached hydrogens (primary N) is 1. The Kier molecular flexibility index (Phi) is 4.53. The second-order valence-corrected chi connectivity index (χ2v) is 1.48. The molecule has 8 heavy (non-hydrogen) atoms. The fraction of sp³-hybridized carbons (Fsp3) is 0.667. The van der Waals surface area contributed by atoms with Crippen LogP contribution in [0.4, 0.5) is 0 Å². The Labute approximate surface area is 54.1 Å². The third kappa shape index (κ3) is 5.61. The summed E-state index contributed by atoms with van der Waals surface area (Å²) < 4.78 is 0. The maximum absolute atomic E-state index is 8.13. The fourth-order valence-corrected chi connectivity index (χ4v) is 0.227. The Hall–Kier alpha value is -0.390. The van der Waals surface area contributed by atoms with Crippen molar-refractivity contribution in [1.29, 1.82) is 0 Å². The van der Waals surface area contributed by atoms with Gasteiger partial charge in [-0.2, -0.15) is 0 Å². The number of hydrogen-bond acceptors (Lipinski definition) is 3. The SMILES string of the molecule is NC(=S)NOCCO.[H+]. The van der Waals surface area contributed by atoms with Crippen LogP contribution in [0.15, 0.2) is 0 Å². The zero-order valence-electron chi connectivity index (χ0n) is 5.26. The molecule has 0 saturated carbocycles. The van der Waals surface area contributed by atoms with E-state index in [0.29, 0.717) is 0 Å². The van der Waals surface area contributed by atoms with E-state index in [9.17, 15) is 0 Å². The first-order valence-corrected chi connectivity index (χ1v) is 2.46. The summed E-state index contributed by atoms with van der Waals surface area (Å²) >= 11 is 4.37. The zero-order valence-corrected chi connectivity index (χ0v) is 5.07. The van der Waals surface area contributed by atoms with Gasteiger partial charge >= 0.3 is 1.43 Å². The van der Waals surface area contributed by atoms with Crippen LogP contribution in [0.2, 0.25) is 0 Å². The summed E-state index contributed by atoms with van der Waals surface area (Å²) in [4.78, 5) is 4.48. The van der Waals surface area contributed by atoms with Crippen molar-refractivity contribution in [1.82, 2.24) is 5.48 Å². The molecule has 0 aliphatic heterocycles. The summed E-state index contributed by atoms with van der Waals surface area (Å²) in [6.45, 7) is 0.146. The van der Waals surface area contributed by atoms with Gasteiger partial charge in [-0.3, -0.25) is 4.84 Å². The van der Waals surface area contributed by atoms with Gasteiger partial charge in [-0.1, -0.05) is 0 Å². The number of nitrogens with one attached hydrogen (secondary N) is 1. The van der Waals surface area contributed by atoms with Crippen LogP contribution in [0.5, 0.6) is 0 Å². The number of hydroxylamine groups is 1. The van der Waals surface area contributed by atoms with E-state index in [1.165, 1.54) is 0 Å². The average Bonchev–Trinajstić information content (AvgIpc) is 1.66. The number of hydrogen-bond donors (Lipinski definition) is 3. The summed E-state index contributed by atoms with van der Waals surface area (Å²) in [7, 11) is 0. The van der Waals surface area contributed by atoms with Crippen molar-refractivity contribution in [2.24, 2.45) is 5.73 Å². The molecule has 0 aromatic rings. The van der Waals surface area contributed by atoms with Gasteiger partial charge in [0, 0.05) is 0 Å². The molecule has 4 nitrogen and oxygen atoms in total. The minimum Gasteiger partial charge on any atom is -0.394 e. The lowest BCUT2D eigenvalue weighted by Gasteiger charge is -1.99. The standard InChI is InChI=1S/C3H8N2O2S/c4-3(8)5-7-2-1-6/h6H,1-2H2,(H3,4,5,8)/p+1. The Bertz CT molecular complexity index is 82.2. The fourth-order valence-electron chi connectivity index (χ4n) is 0.168. The highest BCUT2D eigenvalue weighted by atomic mass is 32.1. The van der Waals surface area contributed by atoms with Crippen molar-refractivity contribution in [3.05, 3.63) is 0 Å². The highest BCUT2D eigenvalue weighted by molar-refractivity contribution is 7.80. The molecule has 0 radical (unpaired) electrons. The highest BCUT2D eigenvalue weighted by Gasteiger charge is 1.82. The normalized spacial score (nSPS) is 8.62. The number of aliphatic hydroxyl groups is 1. The van der Waals surface area contributed by atoms with Gasteiger partial charge in [0.2, 0.25) is 0 Å². The molecule has 0 amide bonds. The zero-order chi connectivity index (χ0) is 6.41. The Morgan fingerprint density at radius 1 is 2.00 bits per heavy atom. The first kappa shape index (κ1) is 7.61. The minimum atomic E-state index is -0.0460. The summed E-state index contributed by atoms with van der Waals surface area (Å²) in [5, 5.41) is 8.20. The van der Waals surface area contributed by atoms with E-state index in [-0.39, 0.29) is 19.8 Å². The summed E-state index contributed by atoms with van der Waals surface area (Å²) in [6.07, 6.45) is 0. The smallest absolute Gasteiger partial charge is 0.394 e. The van der Waals surface area contributed by atoms with E-state index in [1.54, 1.807) is 0 Å². The molecular weight excluding hydrogens is 128 g/mol. The number of rotatable bonds is 3. The molecule has 0 saturated heterocycles. The predicted molar refractivity (Wildman–Crippen MR) is 34.1 cm³/mol. The molecule has 0 aromatic carbocycles. The van der Waals surface area contributed by atoms with Crippen LogP contribution in [0.1, 0.15) is 1.43 Å². The quantitative estimate of drug-likeness (QED) is 0.260. The number of thiocarbonyl (C=S) groups is 1. The van der Waals surface area contributed by atoms with Crippen LogP contribution in [0, 0.1) is 0 Å². The maximum atomic E-state index is 8.13. The summed E-state index contributed by atoms with van der Waals surface area (Å²) in [5.74, 6) is 0. The lowest BCUT2D eigenvalue weighted by Crippen LogP contribution is -2.29. The van der Waals surface area contributed by atoms with E-state index in [4.69, 9.17) is 10.8 Å². The summed E-state index contributed by atoms with van der Waals surface area (Å²) in [5.41, 5.74) is 7.14. The van der Waals surface area contributed by atoms with Crippen LogP contribution >= 0.6 is 12.2 Å². The predicted octanol–water partition coefficient (Wildman–Crippen LogP) is -1.14. The summed E-state index contributed by atoms with van der Waals surface area (Å²) in [6, 6.07) is 0. The Balaban J connectivity index is 0. The molecule has 0 aromatic heterocycles. The van der Waals surface area contributed by atoms with Gasteiger partial charge < -0.3 is 10.8 Å². The number of aliphatic hydroxyl groups excluding tert-OH is 1. The van der Waals surface area contributed by atoms with Crippen molar-refractivity contribution < 1.29 is 11.4 Å². The van der Waals surface area contributed by atoms with E-state index < -0.39 is 0 Å². The van der Waals surface area contributed by atoms with E-state index in [2.05, 4.69) is 22.5 Å². The largest absolute Gasteiger partial charge is 1.00 e. The van der Waals surface area contributed by atoms with Crippen LogP contribution in [-0.2, 0) is 4.84 Å². The van der Waals surface area contributed by atoms with Crippen molar-refractivity contribution >= 4 is 17.3 Å². The molecular formula is C3H9N2O2S+. The molecule has 0 heterocycles. The molecule has 0 spiro atoms. The average molecular weight is 137 g/mol. The third-order valence-electron chi connectivity index (χ3n) is 0.366. The van der Waals surface area contributed by atoms with Gasteiger partial charge in [0.25, 0.3) is 0 Å². The van der Waals surface area contributed by atoms with E-state index in [1.807, 2.05) is 0 Å². The minimum absolute atomic E-state index is 0. The second kappa shape index (κ2) is 4.76. The van der Waals surface area contributed by atoms with Crippen molar-refractivity contribution in [2.75, 3.05) is 13.2 Å². The first-order chi connectivity index (χ1) is 3.77. The van der Waals surface area contributed by atoms with Crippen LogP contribution < -0.4 is 11.2 Å². The molecule has 0 fully saturated rings. The molecule has 5 heteroatoms. The molecule has 0 unspecified atom stereocenters. The van der Waals surface area contributed by atoms with Gasteiger partial charge in [0.1, 0.15) is 0 Å². The van der Waals surface area contributed by atoms with Gasteiger partial charge in [-0.25, -0.2) is 5.48 Å². The van der Waals surface area contributed by atoms with Crippen LogP contribution in [0.3, 0.4) is 0 Å². The van der Waals surface area contributed by atoms with Gasteiger partial charge in [0.15, 0.2) is 5.11 Å². The lowest BCUT2D eigenvalue weighted by atomic mass is 10.8. The molecule has 0 atom stereocenters. The van der Waals surface area contributed by atoms with Gasteiger partial charge in [-0.15, -0.1) is 0 Å². The highest BCUT2D eigenvalue weighted by Crippen LogP contribution is 1.63. The second-order valence-electron chi connectivity index (χ2n) is 1.04. The Morgan fingerprint density at radius 3 is 3.00 bits per heavy atom. The van der Waals surface area contributed by atoms with Gasteiger partial charge in [0.05, 0.1) is 13.2 Å². The van der Waals surface area contributed by atoms with Crippen molar-refractivity contribution in [2.45, 2.75) is 0 Å². The Morgan fingerprint density at radius 2 is 2.62 bits per heavy atom. The van der Waals surface area contributed by atoms with Crippen LogP contribution in [-0.4, -0.2) is 23.4 Å². The van der Waals surface area contributed by atoms with E-state index >= 15 is 0 Å². The van der Waals surface area contributed by atoms with Crippen LogP contribution in [0.25, 0.3) is 0 Å². The molecule has 0 rings (SSSR count). The molecule has 0 aliphatic rings. The van der Waals surface area contributed by atoms with E-state index in [0.717, 1.165) is 0 Å². The molecule has 0 bridgehead atoms. The van der Waals surface area contributed by atoms with Crippen molar-refractivity contribution in [3.63, 3.8) is 0 Å². The van der Waals surface area contributed by atoms with Gasteiger partial charge in [-0.05, 0) is 12.2 Å². The lowest BCUT2D eigenvalue weighted by molar-refractivity contribution is 0.0540. The molecule has 48 valence electrons. The van der Waals surface area contributed by atoms with Crippen molar-refractivity contribution in [3.8, 4) is 0 Å². The molecule has 0 aliphatic carbocycles.